The van der Waals surface area contributed by atoms with E-state index in [0.29, 0.717) is 23.0 Å². The Kier molecular flexibility index (Phi) is 7.82. The predicted octanol–water partition coefficient (Wildman–Crippen LogP) is 4.07. The molecule has 0 aliphatic carbocycles. The van der Waals surface area contributed by atoms with E-state index in [4.69, 9.17) is 9.84 Å². The van der Waals surface area contributed by atoms with Crippen LogP contribution in [-0.2, 0) is 4.79 Å². The van der Waals surface area contributed by atoms with Crippen molar-refractivity contribution in [1.82, 2.24) is 14.9 Å². The highest BCUT2D eigenvalue weighted by molar-refractivity contribution is 5.96. The molecule has 1 saturated heterocycles. The Morgan fingerprint density at radius 1 is 1.19 bits per heavy atom. The van der Waals surface area contributed by atoms with Crippen LogP contribution in [0.5, 0.6) is 5.75 Å². The van der Waals surface area contributed by atoms with Crippen molar-refractivity contribution in [3.63, 3.8) is 0 Å². The maximum absolute atomic E-state index is 13.4. The number of fused-ring (bicyclic) bond motifs is 1. The Morgan fingerprint density at radius 3 is 2.59 bits per heavy atom. The minimum absolute atomic E-state index is 0. The lowest BCUT2D eigenvalue weighted by Gasteiger charge is -2.29. The number of piperidine rings is 1. The van der Waals surface area contributed by atoms with Gasteiger partial charge in [0.05, 0.1) is 0 Å². The van der Waals surface area contributed by atoms with Crippen molar-refractivity contribution >= 4 is 35.1 Å². The summed E-state index contributed by atoms with van der Waals surface area (Å²) in [6.07, 6.45) is 3.70. The van der Waals surface area contributed by atoms with Gasteiger partial charge in [0.15, 0.2) is 6.61 Å². The van der Waals surface area contributed by atoms with Crippen molar-refractivity contribution in [3.05, 3.63) is 48.5 Å². The summed E-state index contributed by atoms with van der Waals surface area (Å²) in [5.74, 6) is 0.187. The van der Waals surface area contributed by atoms with Gasteiger partial charge in [-0.2, -0.15) is 0 Å². The van der Waals surface area contributed by atoms with E-state index in [0.717, 1.165) is 49.0 Å². The standard InChI is InChI=1S/C23H25FN4O3.ClH/c1-28-8-6-15(7-9-28)12-25-23-19-10-17(16-2-4-18(24)5-3-16)11-20(31-13-21(29)30)22(19)26-14-27-23;/h2-5,10-11,14-15H,6-9,12-13H2,1H3,(H,29,30)(H,25,26,27);1H. The topological polar surface area (TPSA) is 87.6 Å². The van der Waals surface area contributed by atoms with Gasteiger partial charge in [-0.05, 0) is 74.3 Å². The molecule has 1 aliphatic heterocycles. The van der Waals surface area contributed by atoms with Gasteiger partial charge in [0.25, 0.3) is 0 Å². The monoisotopic (exact) mass is 460 g/mol. The molecular formula is C23H26ClFN4O3. The number of aliphatic carboxylic acids is 1. The smallest absolute Gasteiger partial charge is 0.341 e. The molecule has 0 radical (unpaired) electrons. The quantitative estimate of drug-likeness (QED) is 0.549. The average molecular weight is 461 g/mol. The number of hydrogen-bond donors (Lipinski definition) is 2. The van der Waals surface area contributed by atoms with Crippen molar-refractivity contribution in [1.29, 1.82) is 0 Å². The van der Waals surface area contributed by atoms with Crippen molar-refractivity contribution in [2.45, 2.75) is 12.8 Å². The first-order valence-electron chi connectivity index (χ1n) is 10.3. The van der Waals surface area contributed by atoms with Gasteiger partial charge in [0.2, 0.25) is 0 Å². The number of nitrogens with zero attached hydrogens (tertiary/aromatic N) is 3. The summed E-state index contributed by atoms with van der Waals surface area (Å²) in [4.78, 5) is 22.1. The number of hydrogen-bond acceptors (Lipinski definition) is 6. The summed E-state index contributed by atoms with van der Waals surface area (Å²) in [5.41, 5.74) is 2.09. The molecule has 0 spiro atoms. The van der Waals surface area contributed by atoms with Gasteiger partial charge in [-0.25, -0.2) is 19.2 Å². The van der Waals surface area contributed by atoms with Gasteiger partial charge in [-0.3, -0.25) is 0 Å². The molecule has 0 saturated carbocycles. The SMILES string of the molecule is CN1CCC(CNc2ncnc3c(OCC(=O)O)cc(-c4ccc(F)cc4)cc23)CC1.Cl. The number of rotatable bonds is 7. The van der Waals surface area contributed by atoms with Gasteiger partial charge in [-0.1, -0.05) is 12.1 Å². The number of benzene rings is 2. The second kappa shape index (κ2) is 10.6. The maximum atomic E-state index is 13.4. The summed E-state index contributed by atoms with van der Waals surface area (Å²) < 4.78 is 18.9. The average Bonchev–Trinajstić information content (AvgIpc) is 2.77. The zero-order valence-electron chi connectivity index (χ0n) is 17.8. The number of likely N-dealkylation sites (tertiary alicyclic amines) is 1. The molecule has 3 aromatic rings. The number of carboxylic acid groups (broad SMARTS) is 1. The van der Waals surface area contributed by atoms with E-state index < -0.39 is 12.6 Å². The van der Waals surface area contributed by atoms with E-state index in [1.165, 1.54) is 18.5 Å². The van der Waals surface area contributed by atoms with Crippen LogP contribution in [0.2, 0.25) is 0 Å². The molecule has 0 atom stereocenters. The molecule has 7 nitrogen and oxygen atoms in total. The molecule has 2 N–H and O–H groups in total. The summed E-state index contributed by atoms with van der Waals surface area (Å²) in [6, 6.07) is 9.77. The number of carbonyl (C=O) groups is 1. The number of aromatic nitrogens is 2. The molecule has 1 fully saturated rings. The number of nitrogens with one attached hydrogen (secondary N) is 1. The van der Waals surface area contributed by atoms with Gasteiger partial charge >= 0.3 is 5.97 Å². The van der Waals surface area contributed by atoms with Crippen LogP contribution in [0.3, 0.4) is 0 Å². The summed E-state index contributed by atoms with van der Waals surface area (Å²) in [5, 5.41) is 13.2. The predicted molar refractivity (Wildman–Crippen MR) is 124 cm³/mol. The largest absolute Gasteiger partial charge is 0.480 e. The van der Waals surface area contributed by atoms with E-state index in [2.05, 4.69) is 27.2 Å². The van der Waals surface area contributed by atoms with Crippen LogP contribution < -0.4 is 10.1 Å². The van der Waals surface area contributed by atoms with Crippen LogP contribution >= 0.6 is 12.4 Å². The van der Waals surface area contributed by atoms with Crippen LogP contribution in [0, 0.1) is 11.7 Å². The highest BCUT2D eigenvalue weighted by Crippen LogP contribution is 2.34. The Labute approximate surface area is 192 Å². The van der Waals surface area contributed by atoms with Gasteiger partial charge in [-0.15, -0.1) is 12.4 Å². The van der Waals surface area contributed by atoms with E-state index in [-0.39, 0.29) is 18.2 Å². The highest BCUT2D eigenvalue weighted by atomic mass is 35.5. The van der Waals surface area contributed by atoms with Gasteiger partial charge in [0.1, 0.15) is 29.2 Å². The van der Waals surface area contributed by atoms with Crippen LogP contribution in [-0.4, -0.2) is 59.2 Å². The number of halogens is 2. The fraction of sp³-hybridized carbons (Fsp3) is 0.348. The normalized spacial score (nSPS) is 14.7. The van der Waals surface area contributed by atoms with Crippen LogP contribution in [0.15, 0.2) is 42.7 Å². The fourth-order valence-electron chi connectivity index (χ4n) is 3.84. The lowest BCUT2D eigenvalue weighted by molar-refractivity contribution is -0.139. The van der Waals surface area contributed by atoms with E-state index in [1.54, 1.807) is 18.2 Å². The second-order valence-corrected chi connectivity index (χ2v) is 7.91. The zero-order chi connectivity index (χ0) is 21.8. The molecule has 4 rings (SSSR count). The maximum Gasteiger partial charge on any atom is 0.341 e. The molecule has 1 aliphatic rings. The minimum atomic E-state index is -1.07. The first kappa shape index (κ1) is 23.7. The third-order valence-electron chi connectivity index (χ3n) is 5.63. The van der Waals surface area contributed by atoms with Gasteiger partial charge in [0, 0.05) is 11.9 Å². The molecule has 170 valence electrons. The molecule has 32 heavy (non-hydrogen) atoms. The van der Waals surface area contributed by atoms with Crippen molar-refractivity contribution in [3.8, 4) is 16.9 Å². The molecular weight excluding hydrogens is 435 g/mol. The lowest BCUT2D eigenvalue weighted by atomic mass is 9.97. The molecule has 2 heterocycles. The summed E-state index contributed by atoms with van der Waals surface area (Å²) in [6.45, 7) is 2.48. The number of ether oxygens (including phenoxy) is 1. The Hall–Kier alpha value is -2.97. The minimum Gasteiger partial charge on any atom is -0.480 e. The Balaban J connectivity index is 0.00000289. The first-order valence-corrected chi connectivity index (χ1v) is 10.3. The molecule has 0 amide bonds. The van der Waals surface area contributed by atoms with E-state index in [1.807, 2.05) is 6.07 Å². The van der Waals surface area contributed by atoms with E-state index >= 15 is 0 Å². The second-order valence-electron chi connectivity index (χ2n) is 7.91. The third kappa shape index (κ3) is 5.63. The Bertz CT molecular complexity index is 1070. The van der Waals surface area contributed by atoms with Crippen molar-refractivity contribution < 1.29 is 19.0 Å². The third-order valence-corrected chi connectivity index (χ3v) is 5.63. The number of carboxylic acids is 1. The summed E-state index contributed by atoms with van der Waals surface area (Å²) >= 11 is 0. The molecule has 2 aromatic carbocycles. The van der Waals surface area contributed by atoms with Crippen LogP contribution in [0.25, 0.3) is 22.0 Å². The zero-order valence-corrected chi connectivity index (χ0v) is 18.6. The highest BCUT2D eigenvalue weighted by Gasteiger charge is 2.18. The summed E-state index contributed by atoms with van der Waals surface area (Å²) in [7, 11) is 2.14. The first-order chi connectivity index (χ1) is 15.0. The molecule has 9 heteroatoms. The molecule has 0 unspecified atom stereocenters. The fourth-order valence-corrected chi connectivity index (χ4v) is 3.84. The van der Waals surface area contributed by atoms with Crippen LogP contribution in [0.4, 0.5) is 10.2 Å². The lowest BCUT2D eigenvalue weighted by Crippen LogP contribution is -2.33. The van der Waals surface area contributed by atoms with Crippen LogP contribution in [0.1, 0.15) is 12.8 Å². The van der Waals surface area contributed by atoms with Crippen molar-refractivity contribution in [2.75, 3.05) is 38.6 Å². The Morgan fingerprint density at radius 2 is 1.91 bits per heavy atom. The van der Waals surface area contributed by atoms with Crippen molar-refractivity contribution in [2.24, 2.45) is 5.92 Å². The number of anilines is 1. The molecule has 1 aromatic heterocycles. The van der Waals surface area contributed by atoms with Gasteiger partial charge < -0.3 is 20.1 Å². The molecule has 0 bridgehead atoms. The van der Waals surface area contributed by atoms with E-state index in [9.17, 15) is 9.18 Å².